The number of hydrogen-bond acceptors (Lipinski definition) is 6. The average molecular weight is 264 g/mol. The Bertz CT molecular complexity index is 556. The minimum Gasteiger partial charge on any atom is -0.472 e. The van der Waals surface area contributed by atoms with Crippen LogP contribution < -0.4 is 10.5 Å². The Kier molecular flexibility index (Phi) is 3.13. The summed E-state index contributed by atoms with van der Waals surface area (Å²) in [6.07, 6.45) is 6.00. The summed E-state index contributed by atoms with van der Waals surface area (Å²) in [4.78, 5) is 9.33. The first-order valence-corrected chi connectivity index (χ1v) is 7.02. The lowest BCUT2D eigenvalue weighted by Gasteiger charge is -2.28. The van der Waals surface area contributed by atoms with Crippen molar-refractivity contribution in [3.63, 3.8) is 0 Å². The van der Waals surface area contributed by atoms with Gasteiger partial charge in [-0.05, 0) is 37.7 Å². The van der Waals surface area contributed by atoms with Gasteiger partial charge in [0, 0.05) is 6.04 Å². The molecule has 1 fully saturated rings. The van der Waals surface area contributed by atoms with Gasteiger partial charge < -0.3 is 10.5 Å². The minimum atomic E-state index is 0.0659. The third kappa shape index (κ3) is 2.06. The highest BCUT2D eigenvalue weighted by molar-refractivity contribution is 7.13. The predicted molar refractivity (Wildman–Crippen MR) is 70.8 cm³/mol. The van der Waals surface area contributed by atoms with Crippen LogP contribution in [0.15, 0.2) is 6.33 Å². The number of aryl methyl sites for hydroxylation is 1. The Morgan fingerprint density at radius 3 is 3.00 bits per heavy atom. The Morgan fingerprint density at radius 2 is 2.17 bits per heavy atom. The summed E-state index contributed by atoms with van der Waals surface area (Å²) in [5.41, 5.74) is 7.03. The normalized spacial score (nSPS) is 24.3. The summed E-state index contributed by atoms with van der Waals surface area (Å²) in [7, 11) is 0. The molecule has 2 unspecified atom stereocenters. The Labute approximate surface area is 110 Å². The van der Waals surface area contributed by atoms with Crippen molar-refractivity contribution < 1.29 is 4.74 Å². The van der Waals surface area contributed by atoms with Gasteiger partial charge in [0.05, 0.1) is 11.1 Å². The Hall–Kier alpha value is -1.27. The molecule has 1 aliphatic rings. The molecule has 5 nitrogen and oxygen atoms in total. The second kappa shape index (κ2) is 4.78. The molecule has 1 saturated carbocycles. The van der Waals surface area contributed by atoms with Gasteiger partial charge in [-0.25, -0.2) is 9.97 Å². The minimum absolute atomic E-state index is 0.0659. The van der Waals surface area contributed by atoms with Crippen molar-refractivity contribution in [3.05, 3.63) is 12.0 Å². The standard InChI is InChI=1S/C12H16N4OS/c1-7-10-11(14-6-15-12(10)18-16-7)17-9-5-3-2-4-8(9)13/h6,8-9H,2-5,13H2,1H3. The van der Waals surface area contributed by atoms with Crippen molar-refractivity contribution in [2.45, 2.75) is 44.8 Å². The Balaban J connectivity index is 1.92. The number of nitrogens with two attached hydrogens (primary N) is 1. The summed E-state index contributed by atoms with van der Waals surface area (Å²) in [5, 5.41) is 0.931. The number of fused-ring (bicyclic) bond motifs is 1. The third-order valence-corrected chi connectivity index (χ3v) is 4.27. The molecular weight excluding hydrogens is 248 g/mol. The lowest BCUT2D eigenvalue weighted by molar-refractivity contribution is 0.128. The molecule has 2 N–H and O–H groups in total. The van der Waals surface area contributed by atoms with Gasteiger partial charge in [-0.2, -0.15) is 4.37 Å². The van der Waals surface area contributed by atoms with E-state index >= 15 is 0 Å². The smallest absolute Gasteiger partial charge is 0.227 e. The molecule has 18 heavy (non-hydrogen) atoms. The zero-order valence-corrected chi connectivity index (χ0v) is 11.1. The SMILES string of the molecule is Cc1nsc2ncnc(OC3CCCCC3N)c12. The van der Waals surface area contributed by atoms with E-state index in [-0.39, 0.29) is 12.1 Å². The second-order valence-corrected chi connectivity index (χ2v) is 5.48. The van der Waals surface area contributed by atoms with Gasteiger partial charge >= 0.3 is 0 Å². The summed E-state index contributed by atoms with van der Waals surface area (Å²) in [6, 6.07) is 0.107. The van der Waals surface area contributed by atoms with Crippen molar-refractivity contribution >= 4 is 21.7 Å². The number of ether oxygens (including phenoxy) is 1. The van der Waals surface area contributed by atoms with E-state index in [0.717, 1.165) is 28.8 Å². The molecule has 3 rings (SSSR count). The number of hydrogen-bond donors (Lipinski definition) is 1. The van der Waals surface area contributed by atoms with E-state index in [1.807, 2.05) is 6.92 Å². The van der Waals surface area contributed by atoms with Gasteiger partial charge in [0.2, 0.25) is 5.88 Å². The average Bonchev–Trinajstić information content (AvgIpc) is 2.75. The molecular formula is C12H16N4OS. The quantitative estimate of drug-likeness (QED) is 0.898. The molecule has 0 radical (unpaired) electrons. The molecule has 96 valence electrons. The highest BCUT2D eigenvalue weighted by atomic mass is 32.1. The predicted octanol–water partition coefficient (Wildman–Crippen LogP) is 2.04. The molecule has 0 saturated heterocycles. The molecule has 0 spiro atoms. The summed E-state index contributed by atoms with van der Waals surface area (Å²) >= 11 is 1.38. The summed E-state index contributed by atoms with van der Waals surface area (Å²) in [6.45, 7) is 1.95. The molecule has 0 aliphatic heterocycles. The highest BCUT2D eigenvalue weighted by Gasteiger charge is 2.25. The van der Waals surface area contributed by atoms with Crippen LogP contribution in [-0.4, -0.2) is 26.5 Å². The van der Waals surface area contributed by atoms with E-state index < -0.39 is 0 Å². The topological polar surface area (TPSA) is 73.9 Å². The van der Waals surface area contributed by atoms with Gasteiger partial charge in [0.25, 0.3) is 0 Å². The molecule has 1 aliphatic carbocycles. The fraction of sp³-hybridized carbons (Fsp3) is 0.583. The van der Waals surface area contributed by atoms with E-state index in [1.165, 1.54) is 30.7 Å². The maximum atomic E-state index is 6.10. The van der Waals surface area contributed by atoms with Crippen LogP contribution in [-0.2, 0) is 0 Å². The van der Waals surface area contributed by atoms with Crippen LogP contribution >= 0.6 is 11.5 Å². The maximum Gasteiger partial charge on any atom is 0.227 e. The van der Waals surface area contributed by atoms with Crippen molar-refractivity contribution in [3.8, 4) is 5.88 Å². The third-order valence-electron chi connectivity index (χ3n) is 3.43. The van der Waals surface area contributed by atoms with E-state index in [4.69, 9.17) is 10.5 Å². The molecule has 6 heteroatoms. The van der Waals surface area contributed by atoms with Gasteiger partial charge in [-0.3, -0.25) is 0 Å². The fourth-order valence-electron chi connectivity index (χ4n) is 2.39. The van der Waals surface area contributed by atoms with Crippen molar-refractivity contribution in [2.75, 3.05) is 0 Å². The van der Waals surface area contributed by atoms with Crippen molar-refractivity contribution in [2.24, 2.45) is 5.73 Å². The fourth-order valence-corrected chi connectivity index (χ4v) is 3.13. The van der Waals surface area contributed by atoms with Gasteiger partial charge in [-0.1, -0.05) is 6.42 Å². The molecule has 2 heterocycles. The highest BCUT2D eigenvalue weighted by Crippen LogP contribution is 2.30. The zero-order valence-electron chi connectivity index (χ0n) is 10.3. The molecule has 2 aromatic heterocycles. The van der Waals surface area contributed by atoms with E-state index in [9.17, 15) is 0 Å². The maximum absolute atomic E-state index is 6.10. The first-order valence-electron chi connectivity index (χ1n) is 6.25. The van der Waals surface area contributed by atoms with Crippen LogP contribution in [0.4, 0.5) is 0 Å². The van der Waals surface area contributed by atoms with Crippen LogP contribution in [0.25, 0.3) is 10.2 Å². The lowest BCUT2D eigenvalue weighted by atomic mass is 9.93. The molecule has 0 bridgehead atoms. The van der Waals surface area contributed by atoms with Crippen LogP contribution in [0.5, 0.6) is 5.88 Å². The van der Waals surface area contributed by atoms with E-state index in [1.54, 1.807) is 0 Å². The number of rotatable bonds is 2. The van der Waals surface area contributed by atoms with Crippen LogP contribution in [0.2, 0.25) is 0 Å². The number of aromatic nitrogens is 3. The summed E-state index contributed by atoms with van der Waals surface area (Å²) in [5.74, 6) is 0.633. The summed E-state index contributed by atoms with van der Waals surface area (Å²) < 4.78 is 10.3. The van der Waals surface area contributed by atoms with Crippen molar-refractivity contribution in [1.29, 1.82) is 0 Å². The first kappa shape index (κ1) is 11.8. The van der Waals surface area contributed by atoms with Crippen LogP contribution in [0.3, 0.4) is 0 Å². The lowest BCUT2D eigenvalue weighted by Crippen LogP contribution is -2.41. The molecule has 2 atom stereocenters. The van der Waals surface area contributed by atoms with Gasteiger partial charge in [0.1, 0.15) is 12.4 Å². The number of nitrogens with zero attached hydrogens (tertiary/aromatic N) is 3. The largest absolute Gasteiger partial charge is 0.472 e. The molecule has 0 aromatic carbocycles. The van der Waals surface area contributed by atoms with Crippen LogP contribution in [0, 0.1) is 6.92 Å². The first-order chi connectivity index (χ1) is 8.75. The second-order valence-electron chi connectivity index (χ2n) is 4.73. The van der Waals surface area contributed by atoms with Gasteiger partial charge in [0.15, 0.2) is 4.83 Å². The van der Waals surface area contributed by atoms with E-state index in [2.05, 4.69) is 14.3 Å². The van der Waals surface area contributed by atoms with Crippen molar-refractivity contribution in [1.82, 2.24) is 14.3 Å². The Morgan fingerprint density at radius 1 is 1.33 bits per heavy atom. The molecule has 0 amide bonds. The zero-order chi connectivity index (χ0) is 12.5. The van der Waals surface area contributed by atoms with Gasteiger partial charge in [-0.15, -0.1) is 0 Å². The van der Waals surface area contributed by atoms with Crippen LogP contribution in [0.1, 0.15) is 31.4 Å². The monoisotopic (exact) mass is 264 g/mol. The molecule has 2 aromatic rings. The van der Waals surface area contributed by atoms with E-state index in [0.29, 0.717) is 5.88 Å².